The number of ether oxygens (including phenoxy) is 1. The molecule has 0 spiro atoms. The fourth-order valence-corrected chi connectivity index (χ4v) is 0.791. The molecule has 0 N–H and O–H groups in total. The third kappa shape index (κ3) is 4.84. The van der Waals surface area contributed by atoms with E-state index in [1.165, 1.54) is 0 Å². The lowest BCUT2D eigenvalue weighted by Crippen LogP contribution is -2.27. The molecule has 0 rings (SSSR count). The van der Waals surface area contributed by atoms with Crippen molar-refractivity contribution in [1.29, 1.82) is 0 Å². The maximum Gasteiger partial charge on any atom is 0.426 e. The van der Waals surface area contributed by atoms with Crippen molar-refractivity contribution in [3.63, 3.8) is 0 Å². The molecule has 0 aliphatic carbocycles. The van der Waals surface area contributed by atoms with Gasteiger partial charge >= 0.3 is 12.1 Å². The molecule has 0 amide bonds. The number of esters is 1. The van der Waals surface area contributed by atoms with E-state index in [9.17, 15) is 18.0 Å². The van der Waals surface area contributed by atoms with Gasteiger partial charge in [0.25, 0.3) is 0 Å². The van der Waals surface area contributed by atoms with Gasteiger partial charge in [-0.2, -0.15) is 13.2 Å². The first kappa shape index (κ1) is 12.9. The molecular weight excluding hydrogens is 199 g/mol. The third-order valence-corrected chi connectivity index (χ3v) is 1.46. The van der Waals surface area contributed by atoms with Crippen molar-refractivity contribution >= 4 is 12.2 Å². The quantitative estimate of drug-likeness (QED) is 0.527. The van der Waals surface area contributed by atoms with Gasteiger partial charge in [0.1, 0.15) is 12.3 Å². The van der Waals surface area contributed by atoms with Crippen LogP contribution < -0.4 is 0 Å². The molecule has 0 aromatic carbocycles. The molecule has 0 aromatic heterocycles. The first-order valence-corrected chi connectivity index (χ1v) is 3.97. The average Bonchev–Trinajstić information content (AvgIpc) is 2.01. The molecule has 0 saturated heterocycles. The van der Waals surface area contributed by atoms with E-state index in [4.69, 9.17) is 0 Å². The predicted octanol–water partition coefficient (Wildman–Crippen LogP) is 1.82. The minimum atomic E-state index is -4.50. The maximum absolute atomic E-state index is 11.7. The van der Waals surface area contributed by atoms with Crippen LogP contribution in [0.2, 0.25) is 0 Å². The number of carbonyl (C=O) groups excluding carboxylic acids is 1. The lowest BCUT2D eigenvalue weighted by molar-refractivity contribution is -0.143. The smallest absolute Gasteiger partial charge is 0.426 e. The largest absolute Gasteiger partial charge is 0.467 e. The molecule has 0 bridgehead atoms. The van der Waals surface area contributed by atoms with Gasteiger partial charge < -0.3 is 4.74 Å². The van der Waals surface area contributed by atoms with Crippen molar-refractivity contribution in [2.45, 2.75) is 26.1 Å². The van der Waals surface area contributed by atoms with Crippen molar-refractivity contribution in [1.82, 2.24) is 0 Å². The van der Waals surface area contributed by atoms with Crippen LogP contribution in [-0.2, 0) is 9.53 Å². The number of alkyl halides is 3. The summed E-state index contributed by atoms with van der Waals surface area (Å²) in [6.07, 6.45) is -4.68. The molecule has 0 heterocycles. The predicted molar refractivity (Wildman–Crippen MR) is 45.2 cm³/mol. The minimum Gasteiger partial charge on any atom is -0.467 e. The number of aliphatic imine (C=N–C) groups is 1. The third-order valence-electron chi connectivity index (χ3n) is 1.46. The van der Waals surface area contributed by atoms with Crippen LogP contribution in [0, 0.1) is 5.92 Å². The Morgan fingerprint density at radius 2 is 1.93 bits per heavy atom. The van der Waals surface area contributed by atoms with Crippen LogP contribution >= 0.6 is 0 Å². The van der Waals surface area contributed by atoms with Gasteiger partial charge in [0.2, 0.25) is 0 Å². The topological polar surface area (TPSA) is 38.7 Å². The minimum absolute atomic E-state index is 0.186. The molecule has 0 radical (unpaired) electrons. The summed E-state index contributed by atoms with van der Waals surface area (Å²) in [5.74, 6) is -1.10. The summed E-state index contributed by atoms with van der Waals surface area (Å²) in [7, 11) is 1.11. The van der Waals surface area contributed by atoms with E-state index in [1.807, 2.05) is 0 Å². The summed E-state index contributed by atoms with van der Waals surface area (Å²) in [6, 6.07) is -1.10. The summed E-state index contributed by atoms with van der Waals surface area (Å²) < 4.78 is 39.6. The maximum atomic E-state index is 11.7. The molecule has 0 unspecified atom stereocenters. The zero-order valence-corrected chi connectivity index (χ0v) is 8.13. The summed E-state index contributed by atoms with van der Waals surface area (Å²) in [5.41, 5.74) is 0. The van der Waals surface area contributed by atoms with E-state index in [-0.39, 0.29) is 12.1 Å². The Morgan fingerprint density at radius 1 is 1.43 bits per heavy atom. The lowest BCUT2D eigenvalue weighted by Gasteiger charge is -2.13. The zero-order chi connectivity index (χ0) is 11.4. The van der Waals surface area contributed by atoms with E-state index in [0.717, 1.165) is 7.11 Å². The van der Waals surface area contributed by atoms with Gasteiger partial charge in [-0.1, -0.05) is 13.8 Å². The van der Waals surface area contributed by atoms with Crippen molar-refractivity contribution in [3.05, 3.63) is 0 Å². The number of halogens is 3. The van der Waals surface area contributed by atoms with Crippen LogP contribution in [0.15, 0.2) is 4.99 Å². The Kier molecular flexibility index (Phi) is 4.59. The van der Waals surface area contributed by atoms with Crippen LogP contribution in [0.25, 0.3) is 0 Å². The van der Waals surface area contributed by atoms with Crippen LogP contribution in [0.5, 0.6) is 0 Å². The Balaban J connectivity index is 4.54. The Morgan fingerprint density at radius 3 is 2.21 bits per heavy atom. The van der Waals surface area contributed by atoms with Gasteiger partial charge in [-0.3, -0.25) is 4.99 Å². The number of nitrogens with zero attached hydrogens (tertiary/aromatic N) is 1. The second-order valence-corrected chi connectivity index (χ2v) is 3.03. The second kappa shape index (κ2) is 4.97. The zero-order valence-electron chi connectivity index (χ0n) is 8.13. The Bertz CT molecular complexity index is 223. The lowest BCUT2D eigenvalue weighted by atomic mass is 10.1. The molecule has 3 nitrogen and oxygen atoms in total. The van der Waals surface area contributed by atoms with Crippen molar-refractivity contribution < 1.29 is 22.7 Å². The fourth-order valence-electron chi connectivity index (χ4n) is 0.791. The number of hydrogen-bond acceptors (Lipinski definition) is 3. The standard InChI is InChI=1S/C8H12F3NO2/c1-5(2)6(7(13)14-3)12-4-8(9,10)11/h4-6H,1-3H3/b12-4+/t6-/m1/s1. The molecular formula is C8H12F3NO2. The van der Waals surface area contributed by atoms with Crippen molar-refractivity contribution in [2.24, 2.45) is 10.9 Å². The molecule has 82 valence electrons. The number of hydrogen-bond donors (Lipinski definition) is 0. The summed E-state index contributed by atoms with van der Waals surface area (Å²) >= 11 is 0. The summed E-state index contributed by atoms with van der Waals surface area (Å²) in [6.45, 7) is 3.19. The molecule has 0 aromatic rings. The van der Waals surface area contributed by atoms with Crippen LogP contribution in [-0.4, -0.2) is 31.5 Å². The highest BCUT2D eigenvalue weighted by molar-refractivity contribution is 5.79. The molecule has 0 aliphatic rings. The van der Waals surface area contributed by atoms with Gasteiger partial charge in [-0.25, -0.2) is 4.79 Å². The first-order chi connectivity index (χ1) is 6.28. The average molecular weight is 211 g/mol. The number of carbonyl (C=O) groups is 1. The molecule has 0 saturated carbocycles. The van der Waals surface area contributed by atoms with Gasteiger partial charge in [-0.05, 0) is 5.92 Å². The SMILES string of the molecule is COC(=O)[C@H](/N=C/C(F)(F)F)C(C)C. The molecule has 0 fully saturated rings. The number of methoxy groups -OCH3 is 1. The highest BCUT2D eigenvalue weighted by atomic mass is 19.4. The normalized spacial score (nSPS) is 14.8. The van der Waals surface area contributed by atoms with Crippen LogP contribution in [0.1, 0.15) is 13.8 Å². The molecule has 1 atom stereocenters. The van der Waals surface area contributed by atoms with Gasteiger partial charge in [0.15, 0.2) is 0 Å². The van der Waals surface area contributed by atoms with Gasteiger partial charge in [-0.15, -0.1) is 0 Å². The second-order valence-electron chi connectivity index (χ2n) is 3.03. The summed E-state index contributed by atoms with van der Waals surface area (Å²) in [5, 5.41) is 0. The fraction of sp³-hybridized carbons (Fsp3) is 0.750. The monoisotopic (exact) mass is 211 g/mol. The molecule has 14 heavy (non-hydrogen) atoms. The van der Waals surface area contributed by atoms with E-state index in [0.29, 0.717) is 0 Å². The van der Waals surface area contributed by atoms with Crippen LogP contribution in [0.4, 0.5) is 13.2 Å². The van der Waals surface area contributed by atoms with Gasteiger partial charge in [0.05, 0.1) is 7.11 Å². The number of rotatable bonds is 3. The van der Waals surface area contributed by atoms with E-state index in [2.05, 4.69) is 9.73 Å². The van der Waals surface area contributed by atoms with Crippen molar-refractivity contribution in [2.75, 3.05) is 7.11 Å². The Labute approximate surface area is 80.0 Å². The summed E-state index contributed by atoms with van der Waals surface area (Å²) in [4.78, 5) is 14.1. The van der Waals surface area contributed by atoms with Gasteiger partial charge in [0, 0.05) is 0 Å². The van der Waals surface area contributed by atoms with Crippen molar-refractivity contribution in [3.8, 4) is 0 Å². The highest BCUT2D eigenvalue weighted by Gasteiger charge is 2.27. The Hall–Kier alpha value is -1.07. The van der Waals surface area contributed by atoms with Crippen LogP contribution in [0.3, 0.4) is 0 Å². The van der Waals surface area contributed by atoms with E-state index >= 15 is 0 Å². The highest BCUT2D eigenvalue weighted by Crippen LogP contribution is 2.14. The van der Waals surface area contributed by atoms with E-state index in [1.54, 1.807) is 13.8 Å². The molecule has 0 aliphatic heterocycles. The molecule has 6 heteroatoms. The first-order valence-electron chi connectivity index (χ1n) is 3.97. The van der Waals surface area contributed by atoms with E-state index < -0.39 is 18.2 Å².